The Morgan fingerprint density at radius 2 is 2.04 bits per heavy atom. The van der Waals surface area contributed by atoms with E-state index < -0.39 is 15.7 Å². The maximum Gasteiger partial charge on any atom is 0.250 e. The number of aromatic amines is 1. The third-order valence-electron chi connectivity index (χ3n) is 4.80. The summed E-state index contributed by atoms with van der Waals surface area (Å²) in [5.74, 6) is 0.0384. The van der Waals surface area contributed by atoms with E-state index >= 15 is 0 Å². The van der Waals surface area contributed by atoms with Crippen LogP contribution < -0.4 is 5.73 Å². The molecule has 0 atom stereocenters. The number of carbonyl (C=O) groups excluding carboxylic acids is 1. The highest BCUT2D eigenvalue weighted by molar-refractivity contribution is 9.10. The molecule has 136 valence electrons. The summed E-state index contributed by atoms with van der Waals surface area (Å²) in [5.41, 5.74) is 8.56. The molecule has 0 spiro atoms. The van der Waals surface area contributed by atoms with Crippen molar-refractivity contribution >= 4 is 53.9 Å². The van der Waals surface area contributed by atoms with Crippen molar-refractivity contribution in [2.24, 2.45) is 5.73 Å². The van der Waals surface area contributed by atoms with E-state index in [9.17, 15) is 13.2 Å². The topological polar surface area (TPSA) is 106 Å². The van der Waals surface area contributed by atoms with E-state index in [1.165, 1.54) is 11.3 Å². The quantitative estimate of drug-likeness (QED) is 0.632. The number of aromatic nitrogens is 2. The summed E-state index contributed by atoms with van der Waals surface area (Å²) in [6.07, 6.45) is 3.06. The Morgan fingerprint density at radius 1 is 1.31 bits per heavy atom. The molecule has 1 aliphatic heterocycles. The van der Waals surface area contributed by atoms with Crippen LogP contribution in [0.1, 0.15) is 34.7 Å². The van der Waals surface area contributed by atoms with Crippen molar-refractivity contribution in [3.63, 3.8) is 0 Å². The molecule has 0 bridgehead atoms. The zero-order chi connectivity index (χ0) is 18.5. The second-order valence-electron chi connectivity index (χ2n) is 6.46. The van der Waals surface area contributed by atoms with Crippen LogP contribution in [-0.2, 0) is 9.84 Å². The Hall–Kier alpha value is -1.71. The van der Waals surface area contributed by atoms with Gasteiger partial charge < -0.3 is 10.7 Å². The number of fused-ring (bicyclic) bond motifs is 1. The summed E-state index contributed by atoms with van der Waals surface area (Å²) < 4.78 is 24.2. The van der Waals surface area contributed by atoms with Crippen LogP contribution in [0, 0.1) is 0 Å². The molecule has 3 heterocycles. The van der Waals surface area contributed by atoms with Crippen molar-refractivity contribution < 1.29 is 13.2 Å². The Labute approximate surface area is 162 Å². The molecule has 26 heavy (non-hydrogen) atoms. The molecular weight excluding hydrogens is 438 g/mol. The molecule has 6 nitrogen and oxygen atoms in total. The minimum absolute atomic E-state index is 0.145. The van der Waals surface area contributed by atoms with Gasteiger partial charge in [0.2, 0.25) is 0 Å². The molecule has 1 saturated heterocycles. The molecular formula is C17H16BrN3O3S2. The zero-order valence-corrected chi connectivity index (χ0v) is 16.9. The number of hydrogen-bond acceptors (Lipinski definition) is 5. The maximum absolute atomic E-state index is 12.0. The third-order valence-corrected chi connectivity index (χ3v) is 8.12. The van der Waals surface area contributed by atoms with Crippen LogP contribution in [0.25, 0.3) is 21.5 Å². The molecule has 1 amide bonds. The Balaban J connectivity index is 1.85. The predicted molar refractivity (Wildman–Crippen MR) is 106 cm³/mol. The number of benzene rings is 1. The summed E-state index contributed by atoms with van der Waals surface area (Å²) in [4.78, 5) is 19.6. The smallest absolute Gasteiger partial charge is 0.250 e. The van der Waals surface area contributed by atoms with Gasteiger partial charge in [-0.25, -0.2) is 13.4 Å². The number of sulfone groups is 1. The molecule has 4 rings (SSSR count). The number of amides is 1. The molecule has 9 heteroatoms. The van der Waals surface area contributed by atoms with Crippen LogP contribution in [0.4, 0.5) is 0 Å². The fourth-order valence-electron chi connectivity index (χ4n) is 3.50. The number of nitrogens with zero attached hydrogens (tertiary/aromatic N) is 1. The lowest BCUT2D eigenvalue weighted by molar-refractivity contribution is 0.100. The zero-order valence-electron chi connectivity index (χ0n) is 13.7. The van der Waals surface area contributed by atoms with Crippen LogP contribution >= 0.6 is 27.3 Å². The SMILES string of the molecule is NC(=O)c1cc(-c2nc(Br)cs2)cc2c(C3CCS(=O)(=O)CC3)c[nH]c12. The minimum Gasteiger partial charge on any atom is -0.366 e. The molecule has 2 aromatic heterocycles. The summed E-state index contributed by atoms with van der Waals surface area (Å²) >= 11 is 4.83. The molecule has 3 N–H and O–H groups in total. The highest BCUT2D eigenvalue weighted by Gasteiger charge is 2.27. The molecule has 1 aliphatic rings. The normalized spacial score (nSPS) is 17.6. The van der Waals surface area contributed by atoms with E-state index in [0.717, 1.165) is 26.1 Å². The first-order chi connectivity index (χ1) is 12.3. The van der Waals surface area contributed by atoms with Crippen molar-refractivity contribution in [3.05, 3.63) is 39.4 Å². The monoisotopic (exact) mass is 453 g/mol. The average molecular weight is 454 g/mol. The summed E-state index contributed by atoms with van der Waals surface area (Å²) in [6, 6.07) is 3.75. The molecule has 0 saturated carbocycles. The number of rotatable bonds is 3. The average Bonchev–Trinajstić information content (AvgIpc) is 3.20. The number of H-pyrrole nitrogens is 1. The standard InChI is InChI=1S/C17H16BrN3O3S2/c18-14-8-25-17(21-14)10-5-11-13(9-1-3-26(23,24)4-2-9)7-20-15(11)12(6-10)16(19)22/h5-9,20H,1-4H2,(H2,19,22). The first kappa shape index (κ1) is 17.7. The highest BCUT2D eigenvalue weighted by atomic mass is 79.9. The fraction of sp³-hybridized carbons (Fsp3) is 0.294. The molecule has 0 radical (unpaired) electrons. The number of halogens is 1. The van der Waals surface area contributed by atoms with Gasteiger partial charge in [0.15, 0.2) is 0 Å². The third kappa shape index (κ3) is 3.19. The number of carbonyl (C=O) groups is 1. The van der Waals surface area contributed by atoms with Gasteiger partial charge in [-0.1, -0.05) is 0 Å². The lowest BCUT2D eigenvalue weighted by Gasteiger charge is -2.21. The van der Waals surface area contributed by atoms with Crippen molar-refractivity contribution in [2.45, 2.75) is 18.8 Å². The number of primary amides is 1. The highest BCUT2D eigenvalue weighted by Crippen LogP contribution is 2.37. The van der Waals surface area contributed by atoms with Crippen molar-refractivity contribution in [1.82, 2.24) is 9.97 Å². The van der Waals surface area contributed by atoms with Gasteiger partial charge in [0.05, 0.1) is 22.6 Å². The molecule has 0 unspecified atom stereocenters. The van der Waals surface area contributed by atoms with Gasteiger partial charge in [0.25, 0.3) is 5.91 Å². The molecule has 0 aliphatic carbocycles. The first-order valence-corrected chi connectivity index (χ1v) is 11.6. The van der Waals surface area contributed by atoms with E-state index in [0.29, 0.717) is 23.9 Å². The van der Waals surface area contributed by atoms with Gasteiger partial charge in [-0.3, -0.25) is 4.79 Å². The van der Waals surface area contributed by atoms with E-state index in [1.54, 1.807) is 6.07 Å². The summed E-state index contributed by atoms with van der Waals surface area (Å²) in [6.45, 7) is 0. The van der Waals surface area contributed by atoms with Crippen LogP contribution in [0.2, 0.25) is 0 Å². The van der Waals surface area contributed by atoms with Crippen LogP contribution in [0.3, 0.4) is 0 Å². The maximum atomic E-state index is 12.0. The second kappa shape index (κ2) is 6.47. The second-order valence-corrected chi connectivity index (χ2v) is 10.4. The predicted octanol–water partition coefficient (Wildman–Crippen LogP) is 3.45. The van der Waals surface area contributed by atoms with E-state index in [1.807, 2.05) is 17.6 Å². The van der Waals surface area contributed by atoms with Gasteiger partial charge in [-0.2, -0.15) is 0 Å². The Kier molecular flexibility index (Phi) is 4.40. The van der Waals surface area contributed by atoms with Crippen molar-refractivity contribution in [1.29, 1.82) is 0 Å². The van der Waals surface area contributed by atoms with Gasteiger partial charge in [-0.15, -0.1) is 11.3 Å². The fourth-order valence-corrected chi connectivity index (χ4v) is 6.23. The lowest BCUT2D eigenvalue weighted by atomic mass is 9.92. The molecule has 1 aromatic carbocycles. The lowest BCUT2D eigenvalue weighted by Crippen LogP contribution is -2.22. The number of thiazole rings is 1. The van der Waals surface area contributed by atoms with Gasteiger partial charge >= 0.3 is 0 Å². The summed E-state index contributed by atoms with van der Waals surface area (Å²) in [5, 5.41) is 3.58. The van der Waals surface area contributed by atoms with Gasteiger partial charge in [0.1, 0.15) is 19.4 Å². The summed E-state index contributed by atoms with van der Waals surface area (Å²) in [7, 11) is -2.93. The number of nitrogens with two attached hydrogens (primary N) is 1. The van der Waals surface area contributed by atoms with E-state index in [-0.39, 0.29) is 17.4 Å². The van der Waals surface area contributed by atoms with E-state index in [4.69, 9.17) is 5.73 Å². The largest absolute Gasteiger partial charge is 0.366 e. The van der Waals surface area contributed by atoms with Crippen LogP contribution in [0.15, 0.2) is 28.3 Å². The van der Waals surface area contributed by atoms with Crippen LogP contribution in [0.5, 0.6) is 0 Å². The Bertz CT molecular complexity index is 1100. The Morgan fingerprint density at radius 3 is 2.65 bits per heavy atom. The van der Waals surface area contributed by atoms with Crippen molar-refractivity contribution in [3.8, 4) is 10.6 Å². The minimum atomic E-state index is -2.93. The number of hydrogen-bond donors (Lipinski definition) is 2. The van der Waals surface area contributed by atoms with Crippen molar-refractivity contribution in [2.75, 3.05) is 11.5 Å². The molecule has 3 aromatic rings. The van der Waals surface area contributed by atoms with Gasteiger partial charge in [0, 0.05) is 22.5 Å². The van der Waals surface area contributed by atoms with E-state index in [2.05, 4.69) is 25.9 Å². The number of nitrogens with one attached hydrogen (secondary N) is 1. The first-order valence-electron chi connectivity index (χ1n) is 8.11. The molecule has 1 fully saturated rings. The van der Waals surface area contributed by atoms with Gasteiger partial charge in [-0.05, 0) is 52.4 Å². The van der Waals surface area contributed by atoms with Crippen LogP contribution in [-0.4, -0.2) is 35.8 Å².